The van der Waals surface area contributed by atoms with E-state index in [4.69, 9.17) is 5.21 Å². The van der Waals surface area contributed by atoms with Crippen molar-refractivity contribution < 1.29 is 45.8 Å². The van der Waals surface area contributed by atoms with Crippen LogP contribution in [0.3, 0.4) is 0 Å². The van der Waals surface area contributed by atoms with Gasteiger partial charge in [-0.15, -0.1) is 0 Å². The molecule has 0 saturated heterocycles. The summed E-state index contributed by atoms with van der Waals surface area (Å²) in [7, 11) is 0. The van der Waals surface area contributed by atoms with Crippen molar-refractivity contribution >= 4 is 12.0 Å². The van der Waals surface area contributed by atoms with Gasteiger partial charge in [-0.2, -0.15) is 30.7 Å². The number of aliphatic hydroxyl groups is 1. The molecule has 0 bridgehead atoms. The molecule has 1 aromatic carbocycles. The smallest absolute Gasteiger partial charge is 0.411 e. The van der Waals surface area contributed by atoms with Crippen molar-refractivity contribution in [2.75, 3.05) is 0 Å². The summed E-state index contributed by atoms with van der Waals surface area (Å²) in [5.74, 6) is -14.1. The molecule has 2 unspecified atom stereocenters. The number of carbonyl (C=O) groups is 1. The van der Waals surface area contributed by atoms with Gasteiger partial charge in [0, 0.05) is 17.8 Å². The molecule has 4 aliphatic carbocycles. The number of allylic oxidation sites excluding steroid dienone is 4. The van der Waals surface area contributed by atoms with E-state index in [9.17, 15) is 31.9 Å². The second kappa shape index (κ2) is 8.91. The molecule has 0 spiro atoms. The van der Waals surface area contributed by atoms with E-state index in [0.29, 0.717) is 30.4 Å². The second-order valence-corrected chi connectivity index (χ2v) is 11.5. The monoisotopic (exact) mass is 559 g/mol. The standard InChI is InChI=1S/C28H28F7NO3/c1-24-13-21(16-4-2-15(3-5-16)14-36-39)23-19-9-7-18(37)12-17(19)6-8-20(23)22(24)10-11-25(24,38)26(29,30)27(31,32)28(33,34)35/h2-5,12,14,20-22,38-39H,6-11,13H2,1H3/b36-14+/t20?,21-,22?,24+,25+/m1/s1. The van der Waals surface area contributed by atoms with Gasteiger partial charge in [0.15, 0.2) is 5.78 Å². The minimum Gasteiger partial charge on any atom is -0.411 e. The first-order valence-electron chi connectivity index (χ1n) is 12.9. The van der Waals surface area contributed by atoms with Gasteiger partial charge in [-0.05, 0) is 78.7 Å². The Bertz CT molecular complexity index is 1270. The fourth-order valence-corrected chi connectivity index (χ4v) is 7.80. The third-order valence-electron chi connectivity index (χ3n) is 9.70. The summed E-state index contributed by atoms with van der Waals surface area (Å²) in [6.07, 6.45) is -3.55. The van der Waals surface area contributed by atoms with Crippen LogP contribution in [0.4, 0.5) is 30.7 Å². The number of hydrogen-bond donors (Lipinski definition) is 2. The van der Waals surface area contributed by atoms with Crippen LogP contribution < -0.4 is 0 Å². The molecule has 5 atom stereocenters. The van der Waals surface area contributed by atoms with E-state index in [0.717, 1.165) is 16.7 Å². The lowest BCUT2D eigenvalue weighted by molar-refractivity contribution is -0.400. The third-order valence-corrected chi connectivity index (χ3v) is 9.70. The lowest BCUT2D eigenvalue weighted by Gasteiger charge is -2.56. The van der Waals surface area contributed by atoms with Gasteiger partial charge in [0.25, 0.3) is 0 Å². The first-order valence-corrected chi connectivity index (χ1v) is 12.9. The topological polar surface area (TPSA) is 69.9 Å². The van der Waals surface area contributed by atoms with Gasteiger partial charge in [-0.1, -0.05) is 41.9 Å². The van der Waals surface area contributed by atoms with E-state index in [1.165, 1.54) is 13.1 Å². The predicted molar refractivity (Wildman–Crippen MR) is 127 cm³/mol. The first-order chi connectivity index (χ1) is 18.1. The molecular formula is C28H28F7NO3. The van der Waals surface area contributed by atoms with E-state index < -0.39 is 53.2 Å². The molecule has 212 valence electrons. The Morgan fingerprint density at radius 3 is 2.28 bits per heavy atom. The molecule has 11 heteroatoms. The quantitative estimate of drug-likeness (QED) is 0.181. The van der Waals surface area contributed by atoms with Crippen LogP contribution in [0.15, 0.2) is 52.2 Å². The fraction of sp³-hybridized carbons (Fsp3) is 0.571. The van der Waals surface area contributed by atoms with Crippen LogP contribution in [0.25, 0.3) is 0 Å². The van der Waals surface area contributed by atoms with Gasteiger partial charge in [0.05, 0.1) is 6.21 Å². The lowest BCUT2D eigenvalue weighted by atomic mass is 9.50. The van der Waals surface area contributed by atoms with Crippen LogP contribution in [0.5, 0.6) is 0 Å². The Labute approximate surface area is 220 Å². The SMILES string of the molecule is C[C@]12C[C@H](c3ccc(/C=N/O)cc3)C3=C4CCC(=O)C=C4CCC3C1CC[C@@]2(O)C(F)(F)C(F)(F)C(F)(F)F. The van der Waals surface area contributed by atoms with E-state index in [2.05, 4.69) is 5.16 Å². The van der Waals surface area contributed by atoms with Crippen LogP contribution in [0, 0.1) is 17.3 Å². The maximum absolute atomic E-state index is 15.4. The number of nitrogens with zero attached hydrogens (tertiary/aromatic N) is 1. The summed E-state index contributed by atoms with van der Waals surface area (Å²) >= 11 is 0. The number of rotatable bonds is 4. The highest BCUT2D eigenvalue weighted by molar-refractivity contribution is 5.93. The molecule has 2 N–H and O–H groups in total. The van der Waals surface area contributed by atoms with Crippen LogP contribution >= 0.6 is 0 Å². The van der Waals surface area contributed by atoms with Gasteiger partial charge < -0.3 is 10.3 Å². The zero-order chi connectivity index (χ0) is 28.6. The van der Waals surface area contributed by atoms with Crippen LogP contribution in [0.1, 0.15) is 68.9 Å². The maximum atomic E-state index is 15.4. The number of halogens is 7. The minimum absolute atomic E-state index is 0.0260. The Hall–Kier alpha value is -2.69. The highest BCUT2D eigenvalue weighted by Gasteiger charge is 2.84. The van der Waals surface area contributed by atoms with Gasteiger partial charge in [-0.25, -0.2) is 0 Å². The van der Waals surface area contributed by atoms with Crippen LogP contribution in [-0.2, 0) is 4.79 Å². The van der Waals surface area contributed by atoms with E-state index in [1.807, 2.05) is 0 Å². The second-order valence-electron chi connectivity index (χ2n) is 11.5. The van der Waals surface area contributed by atoms with Gasteiger partial charge in [-0.3, -0.25) is 4.79 Å². The predicted octanol–water partition coefficient (Wildman–Crippen LogP) is 6.96. The number of benzene rings is 1. The van der Waals surface area contributed by atoms with E-state index in [-0.39, 0.29) is 25.0 Å². The molecule has 0 heterocycles. The largest absolute Gasteiger partial charge is 0.459 e. The summed E-state index contributed by atoms with van der Waals surface area (Å²) in [6, 6.07) is 6.55. The third kappa shape index (κ3) is 3.82. The normalized spacial score (nSPS) is 33.6. The molecule has 2 fully saturated rings. The molecule has 0 radical (unpaired) electrons. The van der Waals surface area contributed by atoms with Gasteiger partial charge in [0.2, 0.25) is 0 Å². The summed E-state index contributed by atoms with van der Waals surface area (Å²) in [5.41, 5.74) is -1.80. The fourth-order valence-electron chi connectivity index (χ4n) is 7.80. The minimum atomic E-state index is -6.55. The average molecular weight is 560 g/mol. The van der Waals surface area contributed by atoms with Crippen LogP contribution in [0.2, 0.25) is 0 Å². The average Bonchev–Trinajstić information content (AvgIpc) is 3.15. The Balaban J connectivity index is 1.68. The van der Waals surface area contributed by atoms with Crippen molar-refractivity contribution in [3.63, 3.8) is 0 Å². The lowest BCUT2D eigenvalue weighted by Crippen LogP contribution is -2.69. The Kier molecular flexibility index (Phi) is 6.36. The zero-order valence-electron chi connectivity index (χ0n) is 21.0. The number of ketones is 1. The first kappa shape index (κ1) is 27.9. The highest BCUT2D eigenvalue weighted by Crippen LogP contribution is 2.71. The molecule has 1 aromatic rings. The number of alkyl halides is 7. The molecule has 4 nitrogen and oxygen atoms in total. The van der Waals surface area contributed by atoms with Crippen molar-refractivity contribution in [3.8, 4) is 0 Å². The maximum Gasteiger partial charge on any atom is 0.459 e. The summed E-state index contributed by atoms with van der Waals surface area (Å²) in [4.78, 5) is 12.1. The van der Waals surface area contributed by atoms with Gasteiger partial charge in [0.1, 0.15) is 5.60 Å². The molecule has 5 rings (SSSR count). The molecule has 0 aliphatic heterocycles. The number of oxime groups is 1. The van der Waals surface area contributed by atoms with E-state index >= 15 is 8.78 Å². The zero-order valence-corrected chi connectivity index (χ0v) is 21.0. The molecule has 39 heavy (non-hydrogen) atoms. The molecular weight excluding hydrogens is 531 g/mol. The summed E-state index contributed by atoms with van der Waals surface area (Å²) in [6.45, 7) is 1.22. The summed E-state index contributed by atoms with van der Waals surface area (Å²) < 4.78 is 99.1. The number of fused-ring (bicyclic) bond motifs is 4. The Morgan fingerprint density at radius 1 is 1.00 bits per heavy atom. The number of carbonyl (C=O) groups excluding carboxylic acids is 1. The molecule has 2 saturated carbocycles. The molecule has 0 amide bonds. The van der Waals surface area contributed by atoms with Crippen molar-refractivity contribution in [2.45, 2.75) is 81.4 Å². The molecule has 4 aliphatic rings. The highest BCUT2D eigenvalue weighted by atomic mass is 19.4. The molecule has 0 aromatic heterocycles. The van der Waals surface area contributed by atoms with Crippen LogP contribution in [-0.4, -0.2) is 45.9 Å². The van der Waals surface area contributed by atoms with Gasteiger partial charge >= 0.3 is 18.0 Å². The van der Waals surface area contributed by atoms with Crippen molar-refractivity contribution in [1.29, 1.82) is 0 Å². The Morgan fingerprint density at radius 2 is 1.67 bits per heavy atom. The van der Waals surface area contributed by atoms with Crippen molar-refractivity contribution in [2.24, 2.45) is 22.4 Å². The van der Waals surface area contributed by atoms with E-state index in [1.54, 1.807) is 30.3 Å². The van der Waals surface area contributed by atoms with Crippen molar-refractivity contribution in [1.82, 2.24) is 0 Å². The van der Waals surface area contributed by atoms with Crippen molar-refractivity contribution in [3.05, 3.63) is 58.2 Å². The number of hydrogen-bond acceptors (Lipinski definition) is 4. The summed E-state index contributed by atoms with van der Waals surface area (Å²) in [5, 5.41) is 23.2.